The fourth-order valence-electron chi connectivity index (χ4n) is 2.17. The predicted octanol–water partition coefficient (Wildman–Crippen LogP) is 4.23. The molecule has 108 valence electrons. The van der Waals surface area contributed by atoms with Gasteiger partial charge in [-0.25, -0.2) is 0 Å². The number of ether oxygens (including phenoxy) is 1. The zero-order chi connectivity index (χ0) is 14.1. The molecule has 0 spiro atoms. The van der Waals surface area contributed by atoms with Gasteiger partial charge >= 0.3 is 0 Å². The number of benzene rings is 1. The van der Waals surface area contributed by atoms with Crippen molar-refractivity contribution in [1.29, 1.82) is 0 Å². The fraction of sp³-hybridized carbons (Fsp3) is 0.647. The first-order valence-electron chi connectivity index (χ1n) is 7.57. The minimum Gasteiger partial charge on any atom is -0.379 e. The molecule has 0 saturated carbocycles. The van der Waals surface area contributed by atoms with Crippen molar-refractivity contribution in [3.05, 3.63) is 35.4 Å². The Labute approximate surface area is 118 Å². The summed E-state index contributed by atoms with van der Waals surface area (Å²) in [6, 6.07) is 8.38. The Bertz CT molecular complexity index is 334. The van der Waals surface area contributed by atoms with E-state index in [1.165, 1.54) is 31.2 Å². The molecule has 0 radical (unpaired) electrons. The monoisotopic (exact) mass is 263 g/mol. The van der Waals surface area contributed by atoms with Crippen LogP contribution in [0.3, 0.4) is 0 Å². The van der Waals surface area contributed by atoms with Crippen molar-refractivity contribution in [2.45, 2.75) is 52.5 Å². The van der Waals surface area contributed by atoms with E-state index in [-0.39, 0.29) is 6.04 Å². The summed E-state index contributed by atoms with van der Waals surface area (Å²) in [7, 11) is 0. The highest BCUT2D eigenvalue weighted by atomic mass is 16.5. The van der Waals surface area contributed by atoms with Gasteiger partial charge in [0.05, 0.1) is 12.6 Å². The molecule has 0 amide bonds. The van der Waals surface area contributed by atoms with E-state index in [1.807, 2.05) is 0 Å². The van der Waals surface area contributed by atoms with Crippen LogP contribution >= 0.6 is 0 Å². The van der Waals surface area contributed by atoms with Crippen molar-refractivity contribution in [3.8, 4) is 0 Å². The highest BCUT2D eigenvalue weighted by Crippen LogP contribution is 2.15. The number of rotatable bonds is 9. The van der Waals surface area contributed by atoms with Crippen molar-refractivity contribution in [2.24, 2.45) is 11.7 Å². The molecule has 2 atom stereocenters. The Balaban J connectivity index is 2.29. The summed E-state index contributed by atoms with van der Waals surface area (Å²) in [5.74, 6) is 0.685. The van der Waals surface area contributed by atoms with Crippen LogP contribution < -0.4 is 5.73 Å². The minimum absolute atomic E-state index is 0.00992. The van der Waals surface area contributed by atoms with E-state index in [0.29, 0.717) is 12.5 Å². The van der Waals surface area contributed by atoms with Crippen LogP contribution in [-0.2, 0) is 4.74 Å². The summed E-state index contributed by atoms with van der Waals surface area (Å²) in [5, 5.41) is 0. The molecule has 0 aliphatic rings. The summed E-state index contributed by atoms with van der Waals surface area (Å²) >= 11 is 0. The number of aryl methyl sites for hydroxylation is 1. The largest absolute Gasteiger partial charge is 0.379 e. The molecule has 2 unspecified atom stereocenters. The van der Waals surface area contributed by atoms with Crippen molar-refractivity contribution in [3.63, 3.8) is 0 Å². The Kier molecular flexibility index (Phi) is 7.76. The molecule has 0 heterocycles. The van der Waals surface area contributed by atoms with E-state index >= 15 is 0 Å². The molecule has 1 rings (SSSR count). The second-order valence-electron chi connectivity index (χ2n) is 5.47. The van der Waals surface area contributed by atoms with Crippen LogP contribution in [0.4, 0.5) is 0 Å². The molecule has 2 nitrogen and oxygen atoms in total. The third-order valence-corrected chi connectivity index (χ3v) is 3.70. The summed E-state index contributed by atoms with van der Waals surface area (Å²) in [6.07, 6.45) is 5.03. The predicted molar refractivity (Wildman–Crippen MR) is 82.2 cm³/mol. The van der Waals surface area contributed by atoms with Gasteiger partial charge in [0.1, 0.15) is 0 Å². The Morgan fingerprint density at radius 2 is 1.79 bits per heavy atom. The van der Waals surface area contributed by atoms with Gasteiger partial charge in [-0.2, -0.15) is 0 Å². The average molecular weight is 263 g/mol. The van der Waals surface area contributed by atoms with E-state index in [2.05, 4.69) is 45.0 Å². The van der Waals surface area contributed by atoms with Gasteiger partial charge in [0.2, 0.25) is 0 Å². The SMILES string of the molecule is CCCCC(CC)COCC(N)c1ccc(C)cc1. The molecule has 0 fully saturated rings. The molecule has 19 heavy (non-hydrogen) atoms. The molecule has 2 heteroatoms. The van der Waals surface area contributed by atoms with Crippen molar-refractivity contribution < 1.29 is 4.74 Å². The van der Waals surface area contributed by atoms with Gasteiger partial charge < -0.3 is 10.5 Å². The maximum atomic E-state index is 6.15. The lowest BCUT2D eigenvalue weighted by Gasteiger charge is -2.17. The van der Waals surface area contributed by atoms with Crippen LogP contribution in [0.2, 0.25) is 0 Å². The molecule has 0 aliphatic carbocycles. The Morgan fingerprint density at radius 3 is 2.37 bits per heavy atom. The van der Waals surface area contributed by atoms with Gasteiger partial charge in [0, 0.05) is 6.61 Å². The van der Waals surface area contributed by atoms with E-state index in [4.69, 9.17) is 10.5 Å². The van der Waals surface area contributed by atoms with Crippen LogP contribution in [-0.4, -0.2) is 13.2 Å². The number of unbranched alkanes of at least 4 members (excludes halogenated alkanes) is 1. The molecule has 1 aromatic rings. The molecule has 0 saturated heterocycles. The molecule has 0 aliphatic heterocycles. The van der Waals surface area contributed by atoms with Crippen molar-refractivity contribution in [2.75, 3.05) is 13.2 Å². The summed E-state index contributed by atoms with van der Waals surface area (Å²) in [6.45, 7) is 8.03. The molecule has 2 N–H and O–H groups in total. The third-order valence-electron chi connectivity index (χ3n) is 3.70. The topological polar surface area (TPSA) is 35.2 Å². The first-order chi connectivity index (χ1) is 9.17. The van der Waals surface area contributed by atoms with Gasteiger partial charge in [-0.05, 0) is 24.8 Å². The summed E-state index contributed by atoms with van der Waals surface area (Å²) < 4.78 is 5.81. The normalized spacial score (nSPS) is 14.3. The maximum Gasteiger partial charge on any atom is 0.0659 e. The van der Waals surface area contributed by atoms with Crippen LogP contribution in [0, 0.1) is 12.8 Å². The average Bonchev–Trinajstić information content (AvgIpc) is 2.43. The second kappa shape index (κ2) is 9.11. The van der Waals surface area contributed by atoms with Gasteiger partial charge in [-0.3, -0.25) is 0 Å². The standard InChI is InChI=1S/C17H29NO/c1-4-6-7-15(5-2)12-19-13-17(18)16-10-8-14(3)9-11-16/h8-11,15,17H,4-7,12-13,18H2,1-3H3. The van der Waals surface area contributed by atoms with E-state index in [1.54, 1.807) is 0 Å². The van der Waals surface area contributed by atoms with Gasteiger partial charge in [-0.15, -0.1) is 0 Å². The number of hydrogen-bond acceptors (Lipinski definition) is 2. The molecular formula is C17H29NO. The van der Waals surface area contributed by atoms with Crippen molar-refractivity contribution in [1.82, 2.24) is 0 Å². The lowest BCUT2D eigenvalue weighted by atomic mass is 10.0. The molecule has 1 aromatic carbocycles. The maximum absolute atomic E-state index is 6.15. The van der Waals surface area contributed by atoms with Crippen LogP contribution in [0.5, 0.6) is 0 Å². The molecule has 0 aromatic heterocycles. The number of nitrogens with two attached hydrogens (primary N) is 1. The second-order valence-corrected chi connectivity index (χ2v) is 5.47. The summed E-state index contributed by atoms with van der Waals surface area (Å²) in [4.78, 5) is 0. The highest BCUT2D eigenvalue weighted by molar-refractivity contribution is 5.23. The van der Waals surface area contributed by atoms with E-state index in [0.717, 1.165) is 12.2 Å². The first kappa shape index (κ1) is 16.2. The fourth-order valence-corrected chi connectivity index (χ4v) is 2.17. The minimum atomic E-state index is -0.00992. The van der Waals surface area contributed by atoms with Crippen molar-refractivity contribution >= 4 is 0 Å². The zero-order valence-corrected chi connectivity index (χ0v) is 12.7. The smallest absolute Gasteiger partial charge is 0.0659 e. The summed E-state index contributed by atoms with van der Waals surface area (Å²) in [5.41, 5.74) is 8.57. The van der Waals surface area contributed by atoms with E-state index < -0.39 is 0 Å². The van der Waals surface area contributed by atoms with Gasteiger partial charge in [-0.1, -0.05) is 62.9 Å². The number of hydrogen-bond donors (Lipinski definition) is 1. The van der Waals surface area contributed by atoms with Crippen LogP contribution in [0.25, 0.3) is 0 Å². The van der Waals surface area contributed by atoms with Crippen LogP contribution in [0.15, 0.2) is 24.3 Å². The third kappa shape index (κ3) is 6.22. The van der Waals surface area contributed by atoms with Crippen LogP contribution in [0.1, 0.15) is 56.7 Å². The highest BCUT2D eigenvalue weighted by Gasteiger charge is 2.09. The Hall–Kier alpha value is -0.860. The van der Waals surface area contributed by atoms with Gasteiger partial charge in [0.25, 0.3) is 0 Å². The Morgan fingerprint density at radius 1 is 1.11 bits per heavy atom. The quantitative estimate of drug-likeness (QED) is 0.723. The lowest BCUT2D eigenvalue weighted by molar-refractivity contribution is 0.0837. The first-order valence-corrected chi connectivity index (χ1v) is 7.57. The molecule has 0 bridgehead atoms. The molecular weight excluding hydrogens is 234 g/mol. The lowest BCUT2D eigenvalue weighted by Crippen LogP contribution is -2.19. The van der Waals surface area contributed by atoms with E-state index in [9.17, 15) is 0 Å². The zero-order valence-electron chi connectivity index (χ0n) is 12.7. The van der Waals surface area contributed by atoms with Gasteiger partial charge in [0.15, 0.2) is 0 Å².